The van der Waals surface area contributed by atoms with Crippen LogP contribution in [0.4, 0.5) is 0 Å². The van der Waals surface area contributed by atoms with E-state index in [2.05, 4.69) is 18.3 Å². The summed E-state index contributed by atoms with van der Waals surface area (Å²) in [7, 11) is 0. The van der Waals surface area contributed by atoms with Gasteiger partial charge in [0.15, 0.2) is 5.78 Å². The molecule has 12 heavy (non-hydrogen) atoms. The molecule has 0 amide bonds. The Labute approximate surface area is 75.6 Å². The van der Waals surface area contributed by atoms with Gasteiger partial charge in [-0.1, -0.05) is 0 Å². The van der Waals surface area contributed by atoms with Crippen LogP contribution in [0.25, 0.3) is 0 Å². The minimum atomic E-state index is -0.0105. The predicted molar refractivity (Wildman–Crippen MR) is 49.4 cm³/mol. The van der Waals surface area contributed by atoms with Crippen LogP contribution in [0, 0.1) is 6.92 Å². The molecule has 1 aromatic heterocycles. The Morgan fingerprint density at radius 1 is 1.58 bits per heavy atom. The molecule has 2 heterocycles. The predicted octanol–water partition coefficient (Wildman–Crippen LogP) is 1.66. The third kappa shape index (κ3) is 1.30. The van der Waals surface area contributed by atoms with Gasteiger partial charge in [-0.25, -0.2) is 0 Å². The maximum Gasteiger partial charge on any atom is 0.156 e. The van der Waals surface area contributed by atoms with Gasteiger partial charge in [-0.05, 0) is 19.1 Å². The number of nitrogens with one attached hydrogen (secondary N) is 1. The van der Waals surface area contributed by atoms with Crippen molar-refractivity contribution in [3.8, 4) is 0 Å². The minimum absolute atomic E-state index is 0.0105. The lowest BCUT2D eigenvalue weighted by atomic mass is 10.2. The zero-order valence-electron chi connectivity index (χ0n) is 6.96. The summed E-state index contributed by atoms with van der Waals surface area (Å²) in [5.74, 6) is 0.330. The number of hydrogen-bond acceptors (Lipinski definition) is 3. The molecule has 0 bridgehead atoms. The van der Waals surface area contributed by atoms with Crippen molar-refractivity contribution in [2.45, 2.75) is 19.4 Å². The number of hydrogen-bond donors (Lipinski definition) is 1. The standard InChI is InChI=1S/C9H11NOS/c1-6-2-3-8(12-6)9-7(11)4-5-10-9/h2-3,9-10H,4-5H2,1H3. The average molecular weight is 181 g/mol. The van der Waals surface area contributed by atoms with E-state index in [4.69, 9.17) is 0 Å². The van der Waals surface area contributed by atoms with Gasteiger partial charge in [-0.3, -0.25) is 4.79 Å². The van der Waals surface area contributed by atoms with Crippen LogP contribution in [0.2, 0.25) is 0 Å². The lowest BCUT2D eigenvalue weighted by molar-refractivity contribution is -0.118. The summed E-state index contributed by atoms with van der Waals surface area (Å²) in [6.07, 6.45) is 0.682. The van der Waals surface area contributed by atoms with Crippen molar-refractivity contribution in [2.75, 3.05) is 6.54 Å². The van der Waals surface area contributed by atoms with Crippen LogP contribution in [0.1, 0.15) is 22.2 Å². The van der Waals surface area contributed by atoms with Crippen molar-refractivity contribution in [3.63, 3.8) is 0 Å². The third-order valence-electron chi connectivity index (χ3n) is 2.09. The van der Waals surface area contributed by atoms with E-state index in [1.165, 1.54) is 4.88 Å². The number of carbonyl (C=O) groups excluding carboxylic acids is 1. The second-order valence-corrected chi connectivity index (χ2v) is 4.37. The Kier molecular flexibility index (Phi) is 1.98. The molecule has 1 unspecified atom stereocenters. The maximum atomic E-state index is 11.3. The Balaban J connectivity index is 2.24. The molecule has 2 nitrogen and oxygen atoms in total. The number of aryl methyl sites for hydroxylation is 1. The summed E-state index contributed by atoms with van der Waals surface area (Å²) >= 11 is 1.71. The van der Waals surface area contributed by atoms with E-state index >= 15 is 0 Å². The molecule has 1 N–H and O–H groups in total. The van der Waals surface area contributed by atoms with E-state index in [-0.39, 0.29) is 6.04 Å². The summed E-state index contributed by atoms with van der Waals surface area (Å²) in [5, 5.41) is 3.20. The van der Waals surface area contributed by atoms with Gasteiger partial charge in [-0.15, -0.1) is 11.3 Å². The molecule has 0 spiro atoms. The fourth-order valence-electron chi connectivity index (χ4n) is 1.47. The molecule has 1 aliphatic rings. The Morgan fingerprint density at radius 3 is 2.92 bits per heavy atom. The molecule has 1 atom stereocenters. The number of thiophene rings is 1. The van der Waals surface area contributed by atoms with Gasteiger partial charge in [0.1, 0.15) is 6.04 Å². The van der Waals surface area contributed by atoms with Gasteiger partial charge in [0.05, 0.1) is 0 Å². The first-order valence-electron chi connectivity index (χ1n) is 4.10. The Hall–Kier alpha value is -0.670. The van der Waals surface area contributed by atoms with Gasteiger partial charge in [-0.2, -0.15) is 0 Å². The first-order chi connectivity index (χ1) is 5.77. The van der Waals surface area contributed by atoms with E-state index in [1.807, 2.05) is 6.07 Å². The molecule has 0 aromatic carbocycles. The molecule has 2 rings (SSSR count). The molecular weight excluding hydrogens is 170 g/mol. The molecule has 0 radical (unpaired) electrons. The molecule has 1 saturated heterocycles. The highest BCUT2D eigenvalue weighted by Crippen LogP contribution is 2.26. The largest absolute Gasteiger partial charge is 0.303 e. The number of ketones is 1. The summed E-state index contributed by atoms with van der Waals surface area (Å²) in [5.41, 5.74) is 0. The zero-order chi connectivity index (χ0) is 8.55. The zero-order valence-corrected chi connectivity index (χ0v) is 7.78. The topological polar surface area (TPSA) is 29.1 Å². The quantitative estimate of drug-likeness (QED) is 0.714. The minimum Gasteiger partial charge on any atom is -0.303 e. The van der Waals surface area contributed by atoms with Crippen molar-refractivity contribution >= 4 is 17.1 Å². The fraction of sp³-hybridized carbons (Fsp3) is 0.444. The summed E-state index contributed by atoms with van der Waals surface area (Å²) < 4.78 is 0. The number of carbonyl (C=O) groups is 1. The van der Waals surface area contributed by atoms with E-state index in [0.717, 1.165) is 11.4 Å². The van der Waals surface area contributed by atoms with Crippen molar-refractivity contribution in [3.05, 3.63) is 21.9 Å². The maximum absolute atomic E-state index is 11.3. The lowest BCUT2D eigenvalue weighted by Gasteiger charge is -2.04. The van der Waals surface area contributed by atoms with Crippen LogP contribution in [0.15, 0.2) is 12.1 Å². The van der Waals surface area contributed by atoms with E-state index in [1.54, 1.807) is 11.3 Å². The van der Waals surface area contributed by atoms with Crippen LogP contribution < -0.4 is 5.32 Å². The molecule has 1 aromatic rings. The monoisotopic (exact) mass is 181 g/mol. The normalized spacial score (nSPS) is 23.4. The van der Waals surface area contributed by atoms with Gasteiger partial charge in [0, 0.05) is 22.7 Å². The van der Waals surface area contributed by atoms with Gasteiger partial charge in [0.2, 0.25) is 0 Å². The van der Waals surface area contributed by atoms with E-state index in [9.17, 15) is 4.79 Å². The van der Waals surface area contributed by atoms with Crippen molar-refractivity contribution < 1.29 is 4.79 Å². The fourth-order valence-corrected chi connectivity index (χ4v) is 2.44. The van der Waals surface area contributed by atoms with Gasteiger partial charge in [0.25, 0.3) is 0 Å². The summed E-state index contributed by atoms with van der Waals surface area (Å²) in [6.45, 7) is 2.90. The van der Waals surface area contributed by atoms with Crippen molar-refractivity contribution in [1.29, 1.82) is 0 Å². The molecular formula is C9H11NOS. The average Bonchev–Trinajstić information content (AvgIpc) is 2.58. The second-order valence-electron chi connectivity index (χ2n) is 3.05. The molecule has 3 heteroatoms. The molecule has 64 valence electrons. The molecule has 0 aliphatic carbocycles. The van der Waals surface area contributed by atoms with Crippen LogP contribution >= 0.6 is 11.3 Å². The third-order valence-corrected chi connectivity index (χ3v) is 3.15. The Morgan fingerprint density at radius 2 is 2.42 bits per heavy atom. The van der Waals surface area contributed by atoms with Gasteiger partial charge >= 0.3 is 0 Å². The molecule has 1 aliphatic heterocycles. The van der Waals surface area contributed by atoms with Crippen LogP contribution in [-0.4, -0.2) is 12.3 Å². The first-order valence-corrected chi connectivity index (χ1v) is 4.91. The highest BCUT2D eigenvalue weighted by molar-refractivity contribution is 7.12. The van der Waals surface area contributed by atoms with Crippen LogP contribution in [0.5, 0.6) is 0 Å². The smallest absolute Gasteiger partial charge is 0.156 e. The van der Waals surface area contributed by atoms with Crippen molar-refractivity contribution in [2.24, 2.45) is 0 Å². The van der Waals surface area contributed by atoms with Crippen molar-refractivity contribution in [1.82, 2.24) is 5.32 Å². The van der Waals surface area contributed by atoms with E-state index in [0.29, 0.717) is 12.2 Å². The summed E-state index contributed by atoms with van der Waals surface area (Å²) in [4.78, 5) is 13.8. The number of rotatable bonds is 1. The molecule has 1 fully saturated rings. The van der Waals surface area contributed by atoms with Gasteiger partial charge < -0.3 is 5.32 Å². The molecule has 0 saturated carbocycles. The highest BCUT2D eigenvalue weighted by atomic mass is 32.1. The Bertz CT molecular complexity index is 305. The second kappa shape index (κ2) is 2.99. The van der Waals surface area contributed by atoms with Crippen LogP contribution in [-0.2, 0) is 4.79 Å². The SMILES string of the molecule is Cc1ccc(C2NCCC2=O)s1. The van der Waals surface area contributed by atoms with Crippen LogP contribution in [0.3, 0.4) is 0 Å². The lowest BCUT2D eigenvalue weighted by Crippen LogP contribution is -2.15. The van der Waals surface area contributed by atoms with E-state index < -0.39 is 0 Å². The number of Topliss-reactive ketones (excluding diaryl/α,β-unsaturated/α-hetero) is 1. The first kappa shape index (κ1) is 7.95. The summed E-state index contributed by atoms with van der Waals surface area (Å²) in [6, 6.07) is 4.09. The highest BCUT2D eigenvalue weighted by Gasteiger charge is 2.25.